The normalized spacial score (nSPS) is 16.0. The predicted molar refractivity (Wildman–Crippen MR) is 81.0 cm³/mol. The quantitative estimate of drug-likeness (QED) is 0.554. The second-order valence-corrected chi connectivity index (χ2v) is 5.26. The minimum atomic E-state index is 0.0416. The van der Waals surface area contributed by atoms with E-state index in [4.69, 9.17) is 15.7 Å². The lowest BCUT2D eigenvalue weighted by atomic mass is 10.0. The molecule has 2 rings (SSSR count). The number of nitrogens with two attached hydrogens (primary N) is 1. The molecule has 0 bridgehead atoms. The Labute approximate surface area is 124 Å². The Balaban J connectivity index is 1.94. The smallest absolute Gasteiger partial charge is 0.253 e. The number of aliphatic hydroxyl groups is 1. The van der Waals surface area contributed by atoms with Crippen LogP contribution in [0.1, 0.15) is 28.8 Å². The van der Waals surface area contributed by atoms with Crippen molar-refractivity contribution in [3.05, 3.63) is 29.3 Å². The number of carbonyl (C=O) groups excluding carboxylic acids is 1. The molecule has 6 heteroatoms. The van der Waals surface area contributed by atoms with Gasteiger partial charge < -0.3 is 20.2 Å². The number of nitrogens with one attached hydrogen (secondary N) is 1. The number of hydrazine groups is 1. The molecule has 1 saturated heterocycles. The molecular formula is C15H23N3O3. The highest BCUT2D eigenvalue weighted by atomic mass is 16.5. The van der Waals surface area contributed by atoms with Gasteiger partial charge in [-0.1, -0.05) is 0 Å². The van der Waals surface area contributed by atoms with Crippen molar-refractivity contribution in [2.75, 3.05) is 31.7 Å². The van der Waals surface area contributed by atoms with Crippen LogP contribution in [0.5, 0.6) is 0 Å². The molecule has 0 atom stereocenters. The highest BCUT2D eigenvalue weighted by molar-refractivity contribution is 5.95. The van der Waals surface area contributed by atoms with Crippen LogP contribution in [0.2, 0.25) is 0 Å². The minimum Gasteiger partial charge on any atom is -0.394 e. The summed E-state index contributed by atoms with van der Waals surface area (Å²) in [5.41, 5.74) is 5.06. The summed E-state index contributed by atoms with van der Waals surface area (Å²) in [5, 5.41) is 8.75. The van der Waals surface area contributed by atoms with E-state index in [0.29, 0.717) is 25.3 Å². The number of benzene rings is 1. The minimum absolute atomic E-state index is 0.0416. The summed E-state index contributed by atoms with van der Waals surface area (Å²) in [7, 11) is 0. The molecule has 1 aliphatic rings. The zero-order chi connectivity index (χ0) is 15.2. The molecule has 0 aliphatic carbocycles. The van der Waals surface area contributed by atoms with Gasteiger partial charge in [0, 0.05) is 18.7 Å². The standard InChI is InChI=1S/C15H23N3O3/c1-11-10-12(2-3-14(11)17-16)15(20)18-6-4-13(5-7-18)21-9-8-19/h2-3,10,13,17,19H,4-9,16H2,1H3. The first-order valence-electron chi connectivity index (χ1n) is 7.24. The highest BCUT2D eigenvalue weighted by Crippen LogP contribution is 2.19. The zero-order valence-electron chi connectivity index (χ0n) is 12.3. The van der Waals surface area contributed by atoms with Crippen molar-refractivity contribution in [3.63, 3.8) is 0 Å². The number of aliphatic hydroxyl groups excluding tert-OH is 1. The van der Waals surface area contributed by atoms with Gasteiger partial charge >= 0.3 is 0 Å². The van der Waals surface area contributed by atoms with Gasteiger partial charge in [-0.3, -0.25) is 10.6 Å². The van der Waals surface area contributed by atoms with E-state index < -0.39 is 0 Å². The first kappa shape index (κ1) is 15.8. The van der Waals surface area contributed by atoms with E-state index in [0.717, 1.165) is 24.1 Å². The predicted octanol–water partition coefficient (Wildman–Crippen LogP) is 0.894. The van der Waals surface area contributed by atoms with Crippen molar-refractivity contribution in [3.8, 4) is 0 Å². The average molecular weight is 293 g/mol. The number of nitrogens with zero attached hydrogens (tertiary/aromatic N) is 1. The van der Waals surface area contributed by atoms with Gasteiger partial charge in [0.05, 0.1) is 25.0 Å². The molecule has 116 valence electrons. The van der Waals surface area contributed by atoms with Crippen LogP contribution >= 0.6 is 0 Å². The summed E-state index contributed by atoms with van der Waals surface area (Å²) in [5.74, 6) is 5.44. The second-order valence-electron chi connectivity index (χ2n) is 5.26. The van der Waals surface area contributed by atoms with Crippen LogP contribution in [0.15, 0.2) is 18.2 Å². The average Bonchev–Trinajstić information content (AvgIpc) is 2.52. The molecule has 4 N–H and O–H groups in total. The summed E-state index contributed by atoms with van der Waals surface area (Å²) in [6.45, 7) is 3.70. The highest BCUT2D eigenvalue weighted by Gasteiger charge is 2.24. The first-order chi connectivity index (χ1) is 10.2. The largest absolute Gasteiger partial charge is 0.394 e. The van der Waals surface area contributed by atoms with Crippen LogP contribution in [-0.2, 0) is 4.74 Å². The van der Waals surface area contributed by atoms with E-state index in [1.54, 1.807) is 6.07 Å². The Hall–Kier alpha value is -1.63. The maximum Gasteiger partial charge on any atom is 0.253 e. The summed E-state index contributed by atoms with van der Waals surface area (Å²) in [6.07, 6.45) is 1.77. The number of anilines is 1. The van der Waals surface area contributed by atoms with Gasteiger partial charge in [0.2, 0.25) is 0 Å². The van der Waals surface area contributed by atoms with Crippen molar-refractivity contribution in [1.29, 1.82) is 0 Å². The molecule has 0 unspecified atom stereocenters. The van der Waals surface area contributed by atoms with Crippen LogP contribution in [0, 0.1) is 6.92 Å². The number of ether oxygens (including phenoxy) is 1. The van der Waals surface area contributed by atoms with Crippen LogP contribution in [0.25, 0.3) is 0 Å². The molecular weight excluding hydrogens is 270 g/mol. The Bertz CT molecular complexity index is 485. The lowest BCUT2D eigenvalue weighted by Gasteiger charge is -2.32. The third-order valence-corrected chi connectivity index (χ3v) is 3.80. The van der Waals surface area contributed by atoms with Gasteiger partial charge in [-0.05, 0) is 43.5 Å². The van der Waals surface area contributed by atoms with Gasteiger partial charge in [-0.25, -0.2) is 0 Å². The summed E-state index contributed by atoms with van der Waals surface area (Å²) < 4.78 is 5.51. The maximum atomic E-state index is 12.5. The van der Waals surface area contributed by atoms with Gasteiger partial charge in [-0.15, -0.1) is 0 Å². The van der Waals surface area contributed by atoms with Gasteiger partial charge in [0.1, 0.15) is 0 Å². The third-order valence-electron chi connectivity index (χ3n) is 3.80. The molecule has 6 nitrogen and oxygen atoms in total. The Morgan fingerprint density at radius 1 is 1.48 bits per heavy atom. The van der Waals surface area contributed by atoms with Crippen LogP contribution < -0.4 is 11.3 Å². The monoisotopic (exact) mass is 293 g/mol. The molecule has 21 heavy (non-hydrogen) atoms. The fraction of sp³-hybridized carbons (Fsp3) is 0.533. The molecule has 0 aromatic heterocycles. The lowest BCUT2D eigenvalue weighted by Crippen LogP contribution is -2.41. The molecule has 1 aromatic carbocycles. The number of rotatable bonds is 5. The topological polar surface area (TPSA) is 87.8 Å². The maximum absolute atomic E-state index is 12.5. The molecule has 1 aromatic rings. The number of amides is 1. The van der Waals surface area contributed by atoms with Crippen molar-refractivity contribution in [1.82, 2.24) is 4.90 Å². The van der Waals surface area contributed by atoms with E-state index in [1.807, 2.05) is 24.0 Å². The Kier molecular flexibility index (Phi) is 5.55. The van der Waals surface area contributed by atoms with E-state index in [-0.39, 0.29) is 18.6 Å². The molecule has 1 amide bonds. The molecule has 0 radical (unpaired) electrons. The van der Waals surface area contributed by atoms with E-state index >= 15 is 0 Å². The van der Waals surface area contributed by atoms with E-state index in [2.05, 4.69) is 5.43 Å². The molecule has 0 saturated carbocycles. The fourth-order valence-electron chi connectivity index (χ4n) is 2.59. The number of carbonyl (C=O) groups is 1. The first-order valence-corrected chi connectivity index (χ1v) is 7.24. The molecule has 1 fully saturated rings. The summed E-state index contributed by atoms with van der Waals surface area (Å²) >= 11 is 0. The number of aryl methyl sites for hydroxylation is 1. The second kappa shape index (κ2) is 7.40. The number of hydrogen-bond donors (Lipinski definition) is 3. The summed E-state index contributed by atoms with van der Waals surface area (Å²) in [4.78, 5) is 14.3. The van der Waals surface area contributed by atoms with Crippen LogP contribution in [0.3, 0.4) is 0 Å². The van der Waals surface area contributed by atoms with E-state index in [9.17, 15) is 4.79 Å². The Morgan fingerprint density at radius 3 is 2.76 bits per heavy atom. The van der Waals surface area contributed by atoms with Crippen molar-refractivity contribution in [2.24, 2.45) is 5.84 Å². The number of likely N-dealkylation sites (tertiary alicyclic amines) is 1. The summed E-state index contributed by atoms with van der Waals surface area (Å²) in [6, 6.07) is 5.46. The molecule has 0 spiro atoms. The van der Waals surface area contributed by atoms with Crippen molar-refractivity contribution < 1.29 is 14.6 Å². The van der Waals surface area contributed by atoms with Gasteiger partial charge in [0.25, 0.3) is 5.91 Å². The lowest BCUT2D eigenvalue weighted by molar-refractivity contribution is -0.00554. The number of nitrogen functional groups attached to an aromatic ring is 1. The van der Waals surface area contributed by atoms with Crippen molar-refractivity contribution in [2.45, 2.75) is 25.9 Å². The van der Waals surface area contributed by atoms with Gasteiger partial charge in [0.15, 0.2) is 0 Å². The SMILES string of the molecule is Cc1cc(C(=O)N2CCC(OCCO)CC2)ccc1NN. The van der Waals surface area contributed by atoms with Crippen molar-refractivity contribution >= 4 is 11.6 Å². The molecule has 1 heterocycles. The van der Waals surface area contributed by atoms with Crippen LogP contribution in [0.4, 0.5) is 5.69 Å². The van der Waals surface area contributed by atoms with E-state index in [1.165, 1.54) is 0 Å². The third kappa shape index (κ3) is 3.93. The number of hydrogen-bond acceptors (Lipinski definition) is 5. The molecule has 1 aliphatic heterocycles. The fourth-order valence-corrected chi connectivity index (χ4v) is 2.59. The zero-order valence-corrected chi connectivity index (χ0v) is 12.3. The van der Waals surface area contributed by atoms with Crippen LogP contribution in [-0.4, -0.2) is 48.3 Å². The Morgan fingerprint density at radius 2 is 2.19 bits per heavy atom. The van der Waals surface area contributed by atoms with Gasteiger partial charge in [-0.2, -0.15) is 0 Å². The number of piperidine rings is 1.